The van der Waals surface area contributed by atoms with Crippen LogP contribution in [0.3, 0.4) is 0 Å². The summed E-state index contributed by atoms with van der Waals surface area (Å²) in [6.45, 7) is 2.74. The molecule has 4 nitrogen and oxygen atoms in total. The molecule has 0 bridgehead atoms. The van der Waals surface area contributed by atoms with Crippen LogP contribution in [0.2, 0.25) is 0 Å². The van der Waals surface area contributed by atoms with Gasteiger partial charge in [0.05, 0.1) is 6.54 Å². The zero-order valence-corrected chi connectivity index (χ0v) is 10.2. The summed E-state index contributed by atoms with van der Waals surface area (Å²) in [7, 11) is 1.86. The van der Waals surface area contributed by atoms with Crippen molar-refractivity contribution in [1.29, 1.82) is 0 Å². The predicted octanol–water partition coefficient (Wildman–Crippen LogP) is 1.88. The molecule has 4 heteroatoms. The SMILES string of the molecule is CNCc1nnc(CCc2ccccc2C)o1. The van der Waals surface area contributed by atoms with Gasteiger partial charge in [-0.3, -0.25) is 0 Å². The van der Waals surface area contributed by atoms with E-state index in [9.17, 15) is 0 Å². The second-order valence-electron chi connectivity index (χ2n) is 4.05. The van der Waals surface area contributed by atoms with Crippen LogP contribution in [0, 0.1) is 6.92 Å². The molecule has 1 aromatic carbocycles. The number of aryl methyl sites for hydroxylation is 3. The van der Waals surface area contributed by atoms with Gasteiger partial charge in [0.25, 0.3) is 0 Å². The van der Waals surface area contributed by atoms with Crippen molar-refractivity contribution in [2.45, 2.75) is 26.3 Å². The maximum absolute atomic E-state index is 5.50. The summed E-state index contributed by atoms with van der Waals surface area (Å²) in [4.78, 5) is 0. The van der Waals surface area contributed by atoms with Gasteiger partial charge in [-0.2, -0.15) is 0 Å². The van der Waals surface area contributed by atoms with E-state index >= 15 is 0 Å². The number of hydrogen-bond acceptors (Lipinski definition) is 4. The van der Waals surface area contributed by atoms with E-state index in [0.29, 0.717) is 18.3 Å². The average Bonchev–Trinajstić information content (AvgIpc) is 2.76. The van der Waals surface area contributed by atoms with Gasteiger partial charge in [-0.25, -0.2) is 0 Å². The maximum Gasteiger partial charge on any atom is 0.230 e. The van der Waals surface area contributed by atoms with Gasteiger partial charge in [0, 0.05) is 6.42 Å². The van der Waals surface area contributed by atoms with Crippen molar-refractivity contribution in [1.82, 2.24) is 15.5 Å². The van der Waals surface area contributed by atoms with Crippen LogP contribution in [0.4, 0.5) is 0 Å². The summed E-state index contributed by atoms with van der Waals surface area (Å²) in [6, 6.07) is 8.37. The van der Waals surface area contributed by atoms with Gasteiger partial charge in [-0.1, -0.05) is 24.3 Å². The minimum Gasteiger partial charge on any atom is -0.424 e. The zero-order chi connectivity index (χ0) is 12.1. The van der Waals surface area contributed by atoms with Crippen molar-refractivity contribution in [3.8, 4) is 0 Å². The quantitative estimate of drug-likeness (QED) is 0.853. The summed E-state index contributed by atoms with van der Waals surface area (Å²) in [6.07, 6.45) is 1.73. The molecule has 0 unspecified atom stereocenters. The highest BCUT2D eigenvalue weighted by Crippen LogP contribution is 2.11. The molecule has 2 aromatic rings. The second-order valence-corrected chi connectivity index (χ2v) is 4.05. The van der Waals surface area contributed by atoms with E-state index in [1.54, 1.807) is 0 Å². The molecule has 0 aliphatic carbocycles. The Balaban J connectivity index is 1.95. The molecule has 90 valence electrons. The van der Waals surface area contributed by atoms with Crippen LogP contribution in [0.1, 0.15) is 22.9 Å². The third kappa shape index (κ3) is 3.14. The van der Waals surface area contributed by atoms with Crippen LogP contribution in [-0.4, -0.2) is 17.2 Å². The van der Waals surface area contributed by atoms with Gasteiger partial charge in [-0.05, 0) is 31.5 Å². The van der Waals surface area contributed by atoms with Crippen molar-refractivity contribution in [3.05, 3.63) is 47.2 Å². The maximum atomic E-state index is 5.50. The number of aromatic nitrogens is 2. The number of hydrogen-bond donors (Lipinski definition) is 1. The van der Waals surface area contributed by atoms with Crippen LogP contribution < -0.4 is 5.32 Å². The van der Waals surface area contributed by atoms with Crippen molar-refractivity contribution in [2.24, 2.45) is 0 Å². The molecule has 0 amide bonds. The van der Waals surface area contributed by atoms with E-state index in [2.05, 4.69) is 46.7 Å². The lowest BCUT2D eigenvalue weighted by Gasteiger charge is -2.02. The molecule has 0 aliphatic rings. The summed E-state index contributed by atoms with van der Waals surface area (Å²) in [5.41, 5.74) is 2.64. The van der Waals surface area contributed by atoms with Crippen molar-refractivity contribution in [3.63, 3.8) is 0 Å². The highest BCUT2D eigenvalue weighted by Gasteiger charge is 2.06. The lowest BCUT2D eigenvalue weighted by atomic mass is 10.0. The fourth-order valence-corrected chi connectivity index (χ4v) is 1.74. The second kappa shape index (κ2) is 5.59. The molecule has 0 radical (unpaired) electrons. The fraction of sp³-hybridized carbons (Fsp3) is 0.385. The molecule has 0 spiro atoms. The van der Waals surface area contributed by atoms with Crippen LogP contribution in [0.25, 0.3) is 0 Å². The lowest BCUT2D eigenvalue weighted by Crippen LogP contribution is -2.04. The van der Waals surface area contributed by atoms with Crippen LogP contribution in [0.15, 0.2) is 28.7 Å². The molecule has 1 aromatic heterocycles. The smallest absolute Gasteiger partial charge is 0.230 e. The van der Waals surface area contributed by atoms with Gasteiger partial charge in [-0.15, -0.1) is 10.2 Å². The third-order valence-electron chi connectivity index (χ3n) is 2.71. The van der Waals surface area contributed by atoms with Gasteiger partial charge < -0.3 is 9.73 Å². The number of rotatable bonds is 5. The van der Waals surface area contributed by atoms with E-state index in [1.807, 2.05) is 7.05 Å². The van der Waals surface area contributed by atoms with E-state index in [0.717, 1.165) is 12.8 Å². The van der Waals surface area contributed by atoms with E-state index in [1.165, 1.54) is 11.1 Å². The first kappa shape index (κ1) is 11.8. The molecule has 17 heavy (non-hydrogen) atoms. The molecular weight excluding hydrogens is 214 g/mol. The zero-order valence-electron chi connectivity index (χ0n) is 10.2. The lowest BCUT2D eigenvalue weighted by molar-refractivity contribution is 0.439. The molecule has 0 atom stereocenters. The Morgan fingerprint density at radius 3 is 2.65 bits per heavy atom. The fourth-order valence-electron chi connectivity index (χ4n) is 1.74. The molecule has 0 aliphatic heterocycles. The number of nitrogens with zero attached hydrogens (tertiary/aromatic N) is 2. The van der Waals surface area contributed by atoms with E-state index < -0.39 is 0 Å². The topological polar surface area (TPSA) is 51.0 Å². The summed E-state index contributed by atoms with van der Waals surface area (Å²) in [5, 5.41) is 11.0. The molecule has 0 saturated carbocycles. The van der Waals surface area contributed by atoms with Crippen molar-refractivity contribution >= 4 is 0 Å². The van der Waals surface area contributed by atoms with Gasteiger partial charge in [0.1, 0.15) is 0 Å². The Bertz CT molecular complexity index is 479. The predicted molar refractivity (Wildman–Crippen MR) is 65.6 cm³/mol. The molecule has 1 heterocycles. The first-order chi connectivity index (χ1) is 8.29. The molecule has 2 rings (SSSR count). The largest absolute Gasteiger partial charge is 0.424 e. The monoisotopic (exact) mass is 231 g/mol. The Morgan fingerprint density at radius 2 is 1.88 bits per heavy atom. The Labute approximate surface area is 101 Å². The molecule has 1 N–H and O–H groups in total. The minimum absolute atomic E-state index is 0.622. The number of nitrogens with one attached hydrogen (secondary N) is 1. The Hall–Kier alpha value is -1.68. The Kier molecular flexibility index (Phi) is 3.88. The first-order valence-corrected chi connectivity index (χ1v) is 5.80. The summed E-state index contributed by atoms with van der Waals surface area (Å²) < 4.78 is 5.50. The van der Waals surface area contributed by atoms with Crippen LogP contribution in [0.5, 0.6) is 0 Å². The summed E-state index contributed by atoms with van der Waals surface area (Å²) >= 11 is 0. The van der Waals surface area contributed by atoms with Gasteiger partial charge in [0.15, 0.2) is 0 Å². The molecular formula is C13H17N3O. The summed E-state index contributed by atoms with van der Waals surface area (Å²) in [5.74, 6) is 1.35. The molecule has 0 fully saturated rings. The Morgan fingerprint density at radius 1 is 1.12 bits per heavy atom. The average molecular weight is 231 g/mol. The van der Waals surface area contributed by atoms with Crippen molar-refractivity contribution in [2.75, 3.05) is 7.05 Å². The minimum atomic E-state index is 0.622. The number of benzene rings is 1. The van der Waals surface area contributed by atoms with Crippen LogP contribution >= 0.6 is 0 Å². The highest BCUT2D eigenvalue weighted by molar-refractivity contribution is 5.25. The van der Waals surface area contributed by atoms with E-state index in [-0.39, 0.29) is 0 Å². The van der Waals surface area contributed by atoms with Gasteiger partial charge >= 0.3 is 0 Å². The molecule has 0 saturated heterocycles. The normalized spacial score (nSPS) is 10.7. The first-order valence-electron chi connectivity index (χ1n) is 5.80. The standard InChI is InChI=1S/C13H17N3O/c1-10-5-3-4-6-11(10)7-8-12-15-16-13(17-12)9-14-2/h3-6,14H,7-9H2,1-2H3. The van der Waals surface area contributed by atoms with E-state index in [4.69, 9.17) is 4.42 Å². The van der Waals surface area contributed by atoms with Crippen molar-refractivity contribution < 1.29 is 4.42 Å². The van der Waals surface area contributed by atoms with Gasteiger partial charge in [0.2, 0.25) is 11.8 Å². The third-order valence-corrected chi connectivity index (χ3v) is 2.71. The van der Waals surface area contributed by atoms with Crippen LogP contribution in [-0.2, 0) is 19.4 Å². The highest BCUT2D eigenvalue weighted by atomic mass is 16.4.